The molecule has 3 rings (SSSR count). The van der Waals surface area contributed by atoms with E-state index in [1.165, 1.54) is 17.8 Å². The van der Waals surface area contributed by atoms with Crippen LogP contribution in [0.3, 0.4) is 0 Å². The molecule has 0 aliphatic heterocycles. The van der Waals surface area contributed by atoms with Crippen LogP contribution in [0, 0.1) is 5.82 Å². The molecule has 98 valence electrons. The second-order valence-electron chi connectivity index (χ2n) is 4.51. The van der Waals surface area contributed by atoms with Gasteiger partial charge in [0.1, 0.15) is 11.6 Å². The third-order valence-electron chi connectivity index (χ3n) is 3.19. The van der Waals surface area contributed by atoms with Gasteiger partial charge in [-0.3, -0.25) is 4.79 Å². The number of aromatic amines is 1. The zero-order chi connectivity index (χ0) is 13.2. The Kier molecular flexibility index (Phi) is 3.38. The van der Waals surface area contributed by atoms with Gasteiger partial charge in [0.25, 0.3) is 5.56 Å². The lowest BCUT2D eigenvalue weighted by Gasteiger charge is -2.04. The van der Waals surface area contributed by atoms with Crippen LogP contribution in [0.25, 0.3) is 0 Å². The number of hydrogen-bond acceptors (Lipinski definition) is 3. The third kappa shape index (κ3) is 2.56. The van der Waals surface area contributed by atoms with Crippen LogP contribution in [-0.2, 0) is 18.6 Å². The third-order valence-corrected chi connectivity index (χ3v) is 4.25. The number of halogens is 1. The van der Waals surface area contributed by atoms with Crippen molar-refractivity contribution < 1.29 is 4.39 Å². The highest BCUT2D eigenvalue weighted by Gasteiger charge is 2.17. The summed E-state index contributed by atoms with van der Waals surface area (Å²) in [6, 6.07) is 6.62. The molecule has 0 saturated heterocycles. The largest absolute Gasteiger partial charge is 0.310 e. The molecule has 1 heterocycles. The van der Waals surface area contributed by atoms with E-state index >= 15 is 0 Å². The van der Waals surface area contributed by atoms with Crippen molar-refractivity contribution in [3.63, 3.8) is 0 Å². The first kappa shape index (κ1) is 12.4. The van der Waals surface area contributed by atoms with Crippen molar-refractivity contribution in [3.8, 4) is 0 Å². The number of nitrogens with zero attached hydrogens (tertiary/aromatic N) is 1. The molecule has 0 amide bonds. The predicted molar refractivity (Wildman–Crippen MR) is 72.8 cm³/mol. The van der Waals surface area contributed by atoms with Gasteiger partial charge in [0.15, 0.2) is 0 Å². The number of thioether (sulfide) groups is 1. The normalized spacial score (nSPS) is 13.5. The average molecular weight is 276 g/mol. The van der Waals surface area contributed by atoms with Gasteiger partial charge in [-0.15, -0.1) is 11.8 Å². The van der Waals surface area contributed by atoms with Gasteiger partial charge in [0, 0.05) is 10.5 Å². The molecule has 0 atom stereocenters. The number of aryl methyl sites for hydroxylation is 1. The number of benzene rings is 1. The minimum atomic E-state index is -0.240. The molecule has 1 aliphatic rings. The fraction of sp³-hybridized carbons (Fsp3) is 0.286. The van der Waals surface area contributed by atoms with Crippen molar-refractivity contribution >= 4 is 11.8 Å². The van der Waals surface area contributed by atoms with Crippen molar-refractivity contribution in [2.75, 3.05) is 0 Å². The summed E-state index contributed by atoms with van der Waals surface area (Å²) in [5.41, 5.74) is 1.69. The smallest absolute Gasteiger partial charge is 0.254 e. The molecule has 3 nitrogen and oxygen atoms in total. The second-order valence-corrected chi connectivity index (χ2v) is 5.53. The Morgan fingerprint density at radius 1 is 1.32 bits per heavy atom. The summed E-state index contributed by atoms with van der Waals surface area (Å²) in [5, 5.41) is 0. The lowest BCUT2D eigenvalue weighted by molar-refractivity contribution is 0.602. The minimum Gasteiger partial charge on any atom is -0.310 e. The molecule has 19 heavy (non-hydrogen) atoms. The van der Waals surface area contributed by atoms with Crippen LogP contribution in [0.5, 0.6) is 0 Å². The van der Waals surface area contributed by atoms with Crippen molar-refractivity contribution in [1.82, 2.24) is 9.97 Å². The number of aromatic nitrogens is 2. The number of H-pyrrole nitrogens is 1. The van der Waals surface area contributed by atoms with Crippen molar-refractivity contribution in [1.29, 1.82) is 0 Å². The van der Waals surface area contributed by atoms with E-state index in [0.717, 1.165) is 30.5 Å². The first-order valence-corrected chi connectivity index (χ1v) is 7.21. The summed E-state index contributed by atoms with van der Waals surface area (Å²) in [4.78, 5) is 19.7. The number of nitrogens with one attached hydrogen (secondary N) is 1. The van der Waals surface area contributed by atoms with Crippen LogP contribution in [0.1, 0.15) is 23.5 Å². The lowest BCUT2D eigenvalue weighted by Crippen LogP contribution is -2.16. The first-order chi connectivity index (χ1) is 9.24. The Bertz CT molecular complexity index is 669. The van der Waals surface area contributed by atoms with Gasteiger partial charge in [-0.1, -0.05) is 12.1 Å². The summed E-state index contributed by atoms with van der Waals surface area (Å²) in [7, 11) is 0. The second kappa shape index (κ2) is 5.17. The first-order valence-electron chi connectivity index (χ1n) is 6.22. The van der Waals surface area contributed by atoms with E-state index in [1.807, 2.05) is 0 Å². The molecule has 1 aliphatic carbocycles. The zero-order valence-electron chi connectivity index (χ0n) is 10.3. The monoisotopic (exact) mass is 276 g/mol. The minimum absolute atomic E-state index is 0.0355. The molecular weight excluding hydrogens is 263 g/mol. The Morgan fingerprint density at radius 3 is 3.00 bits per heavy atom. The van der Waals surface area contributed by atoms with E-state index in [4.69, 9.17) is 0 Å². The van der Waals surface area contributed by atoms with Crippen molar-refractivity contribution in [2.45, 2.75) is 29.9 Å². The molecule has 0 saturated carbocycles. The molecule has 0 radical (unpaired) electrons. The average Bonchev–Trinajstić information content (AvgIpc) is 2.87. The summed E-state index contributed by atoms with van der Waals surface area (Å²) in [6.07, 6.45) is 2.68. The molecule has 0 bridgehead atoms. The van der Waals surface area contributed by atoms with Gasteiger partial charge in [-0.25, -0.2) is 9.37 Å². The van der Waals surface area contributed by atoms with Gasteiger partial charge in [0.05, 0.1) is 11.4 Å². The van der Waals surface area contributed by atoms with Gasteiger partial charge in [0.2, 0.25) is 0 Å². The van der Waals surface area contributed by atoms with E-state index in [2.05, 4.69) is 9.97 Å². The van der Waals surface area contributed by atoms with Crippen LogP contribution >= 0.6 is 11.8 Å². The number of fused-ring (bicyclic) bond motifs is 1. The molecule has 1 N–H and O–H groups in total. The summed E-state index contributed by atoms with van der Waals surface area (Å²) >= 11 is 1.35. The Labute approximate surface area is 114 Å². The van der Waals surface area contributed by atoms with Crippen molar-refractivity contribution in [2.24, 2.45) is 0 Å². The summed E-state index contributed by atoms with van der Waals surface area (Å²) in [6.45, 7) is 0. The van der Waals surface area contributed by atoms with E-state index in [1.54, 1.807) is 18.2 Å². The van der Waals surface area contributed by atoms with E-state index in [-0.39, 0.29) is 11.4 Å². The van der Waals surface area contributed by atoms with Crippen LogP contribution in [-0.4, -0.2) is 9.97 Å². The summed E-state index contributed by atoms with van der Waals surface area (Å²) < 4.78 is 13.5. The molecule has 2 aromatic rings. The molecule has 0 unspecified atom stereocenters. The maximum absolute atomic E-state index is 13.5. The van der Waals surface area contributed by atoms with E-state index in [0.29, 0.717) is 16.5 Å². The lowest BCUT2D eigenvalue weighted by atomic mass is 10.2. The highest BCUT2D eigenvalue weighted by molar-refractivity contribution is 7.98. The van der Waals surface area contributed by atoms with Gasteiger partial charge >= 0.3 is 0 Å². The highest BCUT2D eigenvalue weighted by atomic mass is 32.2. The van der Waals surface area contributed by atoms with Crippen LogP contribution in [0.15, 0.2) is 34.0 Å². The molecule has 1 aromatic heterocycles. The number of rotatable bonds is 3. The fourth-order valence-electron chi connectivity index (χ4n) is 2.27. The number of hydrogen-bond donors (Lipinski definition) is 1. The van der Waals surface area contributed by atoms with Gasteiger partial charge in [-0.2, -0.15) is 0 Å². The molecule has 0 spiro atoms. The molecular formula is C14H13FN2OS. The van der Waals surface area contributed by atoms with Crippen molar-refractivity contribution in [3.05, 3.63) is 57.5 Å². The van der Waals surface area contributed by atoms with E-state index in [9.17, 15) is 9.18 Å². The zero-order valence-corrected chi connectivity index (χ0v) is 11.1. The van der Waals surface area contributed by atoms with Gasteiger partial charge in [-0.05, 0) is 31.4 Å². The van der Waals surface area contributed by atoms with Crippen LogP contribution in [0.4, 0.5) is 4.39 Å². The maximum Gasteiger partial charge on any atom is 0.254 e. The van der Waals surface area contributed by atoms with Gasteiger partial charge < -0.3 is 4.98 Å². The molecule has 1 aromatic carbocycles. The Morgan fingerprint density at radius 2 is 2.16 bits per heavy atom. The summed E-state index contributed by atoms with van der Waals surface area (Å²) in [5.74, 6) is 0.860. The predicted octanol–water partition coefficient (Wildman–Crippen LogP) is 2.69. The molecule has 5 heteroatoms. The SMILES string of the molecule is O=c1[nH]c(CSc2ccccc2F)nc2c1CCC2. The maximum atomic E-state index is 13.5. The highest BCUT2D eigenvalue weighted by Crippen LogP contribution is 2.24. The quantitative estimate of drug-likeness (QED) is 0.877. The standard InChI is InChI=1S/C14H13FN2OS/c15-10-5-1-2-7-12(10)19-8-13-16-11-6-3-4-9(11)14(18)17-13/h1-2,5,7H,3-4,6,8H2,(H,16,17,18). The molecule has 0 fully saturated rings. The van der Waals surface area contributed by atoms with E-state index < -0.39 is 0 Å². The Hall–Kier alpha value is -1.62. The van der Waals surface area contributed by atoms with Crippen LogP contribution in [0.2, 0.25) is 0 Å². The van der Waals surface area contributed by atoms with Crippen LogP contribution < -0.4 is 5.56 Å². The topological polar surface area (TPSA) is 45.8 Å². The fourth-order valence-corrected chi connectivity index (χ4v) is 3.08. The Balaban J connectivity index is 1.80.